The average molecular weight is 577 g/mol. The Morgan fingerprint density at radius 3 is 2.09 bits per heavy atom. The molecule has 0 unspecified atom stereocenters. The van der Waals surface area contributed by atoms with E-state index in [1.807, 2.05) is 16.9 Å². The highest BCUT2D eigenvalue weighted by molar-refractivity contribution is 6.09. The summed E-state index contributed by atoms with van der Waals surface area (Å²) in [5, 5.41) is 7.37. The van der Waals surface area contributed by atoms with Crippen LogP contribution in [0, 0.1) is 48.5 Å². The molecule has 3 heterocycles. The van der Waals surface area contributed by atoms with E-state index in [0.29, 0.717) is 0 Å². The minimum absolute atomic E-state index is 0.769. The van der Waals surface area contributed by atoms with Crippen LogP contribution in [-0.2, 0) is 0 Å². The molecule has 5 heteroatoms. The smallest absolute Gasteiger partial charge is 0.137 e. The molecule has 0 atom stereocenters. The zero-order valence-electron chi connectivity index (χ0n) is 26.4. The van der Waals surface area contributed by atoms with Crippen molar-refractivity contribution in [3.8, 4) is 34.1 Å². The van der Waals surface area contributed by atoms with Gasteiger partial charge in [-0.2, -0.15) is 5.10 Å². The van der Waals surface area contributed by atoms with Crippen molar-refractivity contribution in [3.63, 3.8) is 0 Å². The second-order valence-electron chi connectivity index (χ2n) is 12.1. The normalized spacial score (nSPS) is 11.5. The Bertz CT molecular complexity index is 2210. The number of hydrogen-bond donors (Lipinski definition) is 0. The molecular weight excluding hydrogens is 540 g/mol. The molecule has 7 rings (SSSR count). The first-order valence-electron chi connectivity index (χ1n) is 15.1. The van der Waals surface area contributed by atoms with Crippen molar-refractivity contribution in [1.82, 2.24) is 19.3 Å². The summed E-state index contributed by atoms with van der Waals surface area (Å²) >= 11 is 0. The SMILES string of the molecule is Cc1cc(Oc2ccc3c4ccccc4n(-c4cc(C)ccn4)c3c2)cc(-n2nc(C)c(-c3c(C)cc(C)cc3C)c2C)c1. The molecule has 0 bridgehead atoms. The monoisotopic (exact) mass is 576 g/mol. The Labute approximate surface area is 258 Å². The van der Waals surface area contributed by atoms with Crippen molar-refractivity contribution in [3.05, 3.63) is 130 Å². The number of benzene rings is 4. The van der Waals surface area contributed by atoms with E-state index in [4.69, 9.17) is 14.8 Å². The molecule has 0 saturated heterocycles. The molecule has 4 aromatic carbocycles. The highest BCUT2D eigenvalue weighted by atomic mass is 16.5. The molecule has 0 saturated carbocycles. The lowest BCUT2D eigenvalue weighted by molar-refractivity contribution is 0.482. The van der Waals surface area contributed by atoms with Gasteiger partial charge in [-0.25, -0.2) is 9.67 Å². The number of nitrogens with zero attached hydrogens (tertiary/aromatic N) is 4. The van der Waals surface area contributed by atoms with Crippen LogP contribution in [0.1, 0.15) is 39.2 Å². The molecule has 0 aliphatic carbocycles. The summed E-state index contributed by atoms with van der Waals surface area (Å²) in [4.78, 5) is 4.72. The van der Waals surface area contributed by atoms with E-state index in [-0.39, 0.29) is 0 Å². The maximum absolute atomic E-state index is 6.58. The summed E-state index contributed by atoms with van der Waals surface area (Å²) in [7, 11) is 0. The first-order valence-corrected chi connectivity index (χ1v) is 15.1. The fraction of sp³-hybridized carbons (Fsp3) is 0.179. The predicted octanol–water partition coefficient (Wildman–Crippen LogP) is 9.98. The number of ether oxygens (including phenoxy) is 1. The van der Waals surface area contributed by atoms with E-state index < -0.39 is 0 Å². The molecule has 0 aliphatic heterocycles. The Balaban J connectivity index is 1.31. The van der Waals surface area contributed by atoms with Crippen molar-refractivity contribution in [1.29, 1.82) is 0 Å². The van der Waals surface area contributed by atoms with Gasteiger partial charge in [-0.15, -0.1) is 0 Å². The van der Waals surface area contributed by atoms with E-state index in [0.717, 1.165) is 56.4 Å². The van der Waals surface area contributed by atoms with Crippen LogP contribution in [-0.4, -0.2) is 19.3 Å². The highest BCUT2D eigenvalue weighted by Crippen LogP contribution is 2.37. The molecule has 0 N–H and O–H groups in total. The Hall–Kier alpha value is -5.16. The van der Waals surface area contributed by atoms with Crippen molar-refractivity contribution < 1.29 is 4.74 Å². The zero-order chi connectivity index (χ0) is 30.7. The van der Waals surface area contributed by atoms with Crippen LogP contribution < -0.4 is 4.74 Å². The van der Waals surface area contributed by atoms with Crippen LogP contribution in [0.4, 0.5) is 0 Å². The summed E-state index contributed by atoms with van der Waals surface area (Å²) in [6.45, 7) is 15.0. The van der Waals surface area contributed by atoms with Gasteiger partial charge < -0.3 is 4.74 Å². The van der Waals surface area contributed by atoms with Gasteiger partial charge in [0.15, 0.2) is 0 Å². The van der Waals surface area contributed by atoms with Gasteiger partial charge in [-0.1, -0.05) is 35.9 Å². The third kappa shape index (κ3) is 4.65. The largest absolute Gasteiger partial charge is 0.457 e. The number of pyridine rings is 1. The summed E-state index contributed by atoms with van der Waals surface area (Å²) < 4.78 is 10.8. The zero-order valence-corrected chi connectivity index (χ0v) is 26.4. The lowest BCUT2D eigenvalue weighted by Crippen LogP contribution is -2.01. The molecule has 0 spiro atoms. The van der Waals surface area contributed by atoms with E-state index >= 15 is 0 Å². The van der Waals surface area contributed by atoms with Crippen LogP contribution in [0.15, 0.2) is 91.1 Å². The summed E-state index contributed by atoms with van der Waals surface area (Å²) in [5.41, 5.74) is 13.9. The van der Waals surface area contributed by atoms with Crippen LogP contribution in [0.25, 0.3) is 44.4 Å². The Kier molecular flexibility index (Phi) is 6.62. The minimum Gasteiger partial charge on any atom is -0.457 e. The fourth-order valence-corrected chi connectivity index (χ4v) is 6.78. The standard InChI is InChI=1S/C39H36N4O/c1-23-14-15-40-37(20-23)42-35-11-9-8-10-33(35)34-13-12-31(22-36(34)42)44-32-19-25(3)18-30(21-32)43-29(7)39(28(6)41-43)38-26(4)16-24(2)17-27(38)5/h8-22H,1-7H3. The molecule has 7 aromatic rings. The van der Waals surface area contributed by atoms with Gasteiger partial charge in [0.1, 0.15) is 17.3 Å². The van der Waals surface area contributed by atoms with Crippen molar-refractivity contribution in [2.75, 3.05) is 0 Å². The molecule has 0 fully saturated rings. The topological polar surface area (TPSA) is 44.9 Å². The second-order valence-corrected chi connectivity index (χ2v) is 12.1. The number of aryl methyl sites for hydroxylation is 6. The minimum atomic E-state index is 0.769. The fourth-order valence-electron chi connectivity index (χ4n) is 6.78. The first-order chi connectivity index (χ1) is 21.2. The van der Waals surface area contributed by atoms with Crippen molar-refractivity contribution in [2.45, 2.75) is 48.5 Å². The first kappa shape index (κ1) is 27.7. The van der Waals surface area contributed by atoms with Crippen LogP contribution >= 0.6 is 0 Å². The quantitative estimate of drug-likeness (QED) is 0.205. The van der Waals surface area contributed by atoms with Gasteiger partial charge in [-0.3, -0.25) is 4.57 Å². The van der Waals surface area contributed by atoms with Gasteiger partial charge in [0, 0.05) is 40.4 Å². The molecule has 0 amide bonds. The van der Waals surface area contributed by atoms with Gasteiger partial charge in [0.2, 0.25) is 0 Å². The summed E-state index contributed by atoms with van der Waals surface area (Å²) in [5.74, 6) is 2.43. The van der Waals surface area contributed by atoms with Gasteiger partial charge in [-0.05, 0) is 119 Å². The van der Waals surface area contributed by atoms with Gasteiger partial charge in [0.05, 0.1) is 22.4 Å². The maximum atomic E-state index is 6.58. The number of fused-ring (bicyclic) bond motifs is 3. The number of hydrogen-bond acceptors (Lipinski definition) is 3. The van der Waals surface area contributed by atoms with Crippen LogP contribution in [0.2, 0.25) is 0 Å². The highest BCUT2D eigenvalue weighted by Gasteiger charge is 2.19. The van der Waals surface area contributed by atoms with E-state index in [2.05, 4.69) is 132 Å². The number of aromatic nitrogens is 4. The Morgan fingerprint density at radius 1 is 0.591 bits per heavy atom. The van der Waals surface area contributed by atoms with Gasteiger partial charge >= 0.3 is 0 Å². The second kappa shape index (κ2) is 10.5. The maximum Gasteiger partial charge on any atom is 0.137 e. The molecule has 5 nitrogen and oxygen atoms in total. The van der Waals surface area contributed by atoms with E-state index in [1.54, 1.807) is 0 Å². The van der Waals surface area contributed by atoms with E-state index in [9.17, 15) is 0 Å². The average Bonchev–Trinajstić information content (AvgIpc) is 3.45. The van der Waals surface area contributed by atoms with Crippen molar-refractivity contribution >= 4 is 21.8 Å². The summed E-state index contributed by atoms with van der Waals surface area (Å²) in [6, 6.07) is 29.8. The van der Waals surface area contributed by atoms with E-state index in [1.165, 1.54) is 38.8 Å². The molecule has 3 aromatic heterocycles. The molecule has 0 aliphatic rings. The van der Waals surface area contributed by atoms with Gasteiger partial charge in [0.25, 0.3) is 0 Å². The molecule has 218 valence electrons. The molecular formula is C39H36N4O. The summed E-state index contributed by atoms with van der Waals surface area (Å²) in [6.07, 6.45) is 1.87. The third-order valence-corrected chi connectivity index (χ3v) is 8.51. The Morgan fingerprint density at radius 2 is 1.32 bits per heavy atom. The lowest BCUT2D eigenvalue weighted by atomic mass is 9.92. The van der Waals surface area contributed by atoms with Crippen LogP contribution in [0.3, 0.4) is 0 Å². The number of para-hydroxylation sites is 1. The number of rotatable bonds is 5. The predicted molar refractivity (Wildman–Crippen MR) is 181 cm³/mol. The third-order valence-electron chi connectivity index (χ3n) is 8.51. The molecule has 44 heavy (non-hydrogen) atoms. The molecule has 0 radical (unpaired) electrons. The lowest BCUT2D eigenvalue weighted by Gasteiger charge is -2.14. The van der Waals surface area contributed by atoms with Crippen molar-refractivity contribution in [2.24, 2.45) is 0 Å². The van der Waals surface area contributed by atoms with Crippen LogP contribution in [0.5, 0.6) is 11.5 Å².